The predicted octanol–water partition coefficient (Wildman–Crippen LogP) is 1.46. The first-order valence-electron chi connectivity index (χ1n) is 5.62. The maximum atomic E-state index is 11.7. The summed E-state index contributed by atoms with van der Waals surface area (Å²) in [6, 6.07) is 0.381. The normalized spacial score (nSPS) is 19.1. The number of carbonyl (C=O) groups is 1. The highest BCUT2D eigenvalue weighted by molar-refractivity contribution is 7.09. The van der Waals surface area contributed by atoms with E-state index in [0.717, 1.165) is 17.8 Å². The first-order valence-corrected chi connectivity index (χ1v) is 6.50. The number of nitrogens with one attached hydrogen (secondary N) is 2. The van der Waals surface area contributed by atoms with Gasteiger partial charge in [-0.25, -0.2) is 4.98 Å². The Hall–Kier alpha value is -0.940. The van der Waals surface area contributed by atoms with Crippen molar-refractivity contribution in [3.63, 3.8) is 0 Å². The summed E-state index contributed by atoms with van der Waals surface area (Å²) in [5.74, 6) is 0.0888. The fourth-order valence-corrected chi connectivity index (χ4v) is 2.18. The third kappa shape index (κ3) is 3.02. The van der Waals surface area contributed by atoms with Crippen LogP contribution in [0.4, 0.5) is 0 Å². The van der Waals surface area contributed by atoms with Crippen LogP contribution in [0.15, 0.2) is 11.6 Å². The Morgan fingerprint density at radius 3 is 2.88 bits per heavy atom. The second-order valence-corrected chi connectivity index (χ2v) is 5.19. The van der Waals surface area contributed by atoms with Gasteiger partial charge in [-0.2, -0.15) is 0 Å². The number of hydrogen-bond acceptors (Lipinski definition) is 4. The van der Waals surface area contributed by atoms with Crippen LogP contribution in [0.2, 0.25) is 0 Å². The van der Waals surface area contributed by atoms with E-state index in [0.29, 0.717) is 6.04 Å². The summed E-state index contributed by atoms with van der Waals surface area (Å²) in [5, 5.41) is 9.20. The van der Waals surface area contributed by atoms with Crippen LogP contribution in [0.25, 0.3) is 0 Å². The first kappa shape index (κ1) is 11.5. The largest absolute Gasteiger partial charge is 0.352 e. The lowest BCUT2D eigenvalue weighted by molar-refractivity contribution is -0.123. The highest BCUT2D eigenvalue weighted by Crippen LogP contribution is 2.19. The van der Waals surface area contributed by atoms with Gasteiger partial charge in [-0.3, -0.25) is 10.1 Å². The van der Waals surface area contributed by atoms with E-state index in [1.807, 2.05) is 19.2 Å². The average molecular weight is 239 g/mol. The van der Waals surface area contributed by atoms with Crippen LogP contribution in [0.3, 0.4) is 0 Å². The molecule has 2 rings (SSSR count). The SMILES string of the molecule is CC(NC(C)c1nccs1)C(=O)NC1CC1. The molecule has 2 unspecified atom stereocenters. The van der Waals surface area contributed by atoms with Crippen LogP contribution < -0.4 is 10.6 Å². The predicted molar refractivity (Wildman–Crippen MR) is 64.3 cm³/mol. The molecule has 0 bridgehead atoms. The molecule has 0 aliphatic heterocycles. The molecule has 1 saturated carbocycles. The lowest BCUT2D eigenvalue weighted by atomic mass is 10.2. The van der Waals surface area contributed by atoms with Gasteiger partial charge in [-0.05, 0) is 26.7 Å². The van der Waals surface area contributed by atoms with Crippen molar-refractivity contribution in [1.82, 2.24) is 15.6 Å². The maximum absolute atomic E-state index is 11.7. The summed E-state index contributed by atoms with van der Waals surface area (Å²) in [4.78, 5) is 15.9. The van der Waals surface area contributed by atoms with Crippen molar-refractivity contribution in [3.05, 3.63) is 16.6 Å². The van der Waals surface area contributed by atoms with E-state index >= 15 is 0 Å². The van der Waals surface area contributed by atoms with E-state index in [1.54, 1.807) is 17.5 Å². The zero-order chi connectivity index (χ0) is 11.5. The van der Waals surface area contributed by atoms with Crippen LogP contribution in [-0.2, 0) is 4.79 Å². The molecule has 0 aromatic carbocycles. The quantitative estimate of drug-likeness (QED) is 0.818. The lowest BCUT2D eigenvalue weighted by Crippen LogP contribution is -2.43. The number of thiazole rings is 1. The van der Waals surface area contributed by atoms with E-state index in [-0.39, 0.29) is 18.0 Å². The molecule has 0 radical (unpaired) electrons. The minimum absolute atomic E-state index is 0.0888. The third-order valence-corrected chi connectivity index (χ3v) is 3.60. The minimum atomic E-state index is -0.167. The van der Waals surface area contributed by atoms with Gasteiger partial charge in [0.15, 0.2) is 0 Å². The van der Waals surface area contributed by atoms with E-state index in [9.17, 15) is 4.79 Å². The molecule has 1 fully saturated rings. The molecule has 0 spiro atoms. The Balaban J connectivity index is 1.81. The number of amides is 1. The zero-order valence-electron chi connectivity index (χ0n) is 9.56. The highest BCUT2D eigenvalue weighted by atomic mass is 32.1. The molecule has 88 valence electrons. The summed E-state index contributed by atoms with van der Waals surface area (Å²) in [6.07, 6.45) is 4.04. The number of rotatable bonds is 5. The van der Waals surface area contributed by atoms with Crippen molar-refractivity contribution in [3.8, 4) is 0 Å². The van der Waals surface area contributed by atoms with E-state index < -0.39 is 0 Å². The summed E-state index contributed by atoms with van der Waals surface area (Å²) in [7, 11) is 0. The van der Waals surface area contributed by atoms with Gasteiger partial charge in [-0.1, -0.05) is 0 Å². The summed E-state index contributed by atoms with van der Waals surface area (Å²) >= 11 is 1.61. The van der Waals surface area contributed by atoms with Crippen molar-refractivity contribution in [2.45, 2.75) is 44.8 Å². The average Bonchev–Trinajstić information content (AvgIpc) is 2.89. The fourth-order valence-electron chi connectivity index (χ4n) is 1.52. The molecule has 1 aromatic rings. The van der Waals surface area contributed by atoms with Gasteiger partial charge < -0.3 is 5.32 Å². The molecule has 16 heavy (non-hydrogen) atoms. The minimum Gasteiger partial charge on any atom is -0.352 e. The second kappa shape index (κ2) is 4.93. The van der Waals surface area contributed by atoms with Crippen LogP contribution in [0, 0.1) is 0 Å². The highest BCUT2D eigenvalue weighted by Gasteiger charge is 2.26. The Bertz CT molecular complexity index is 348. The molecule has 1 heterocycles. The molecule has 1 aromatic heterocycles. The van der Waals surface area contributed by atoms with Crippen molar-refractivity contribution in [2.75, 3.05) is 0 Å². The number of carbonyl (C=O) groups excluding carboxylic acids is 1. The van der Waals surface area contributed by atoms with Crippen molar-refractivity contribution in [1.29, 1.82) is 0 Å². The Kier molecular flexibility index (Phi) is 3.56. The molecule has 2 atom stereocenters. The van der Waals surface area contributed by atoms with Gasteiger partial charge in [0.25, 0.3) is 0 Å². The Labute approximate surface area is 99.5 Å². The fraction of sp³-hybridized carbons (Fsp3) is 0.636. The van der Waals surface area contributed by atoms with Crippen LogP contribution in [-0.4, -0.2) is 23.0 Å². The summed E-state index contributed by atoms with van der Waals surface area (Å²) in [6.45, 7) is 3.92. The molecule has 5 heteroatoms. The monoisotopic (exact) mass is 239 g/mol. The molecule has 2 N–H and O–H groups in total. The van der Waals surface area contributed by atoms with Crippen LogP contribution in [0.5, 0.6) is 0 Å². The van der Waals surface area contributed by atoms with E-state index in [4.69, 9.17) is 0 Å². The topological polar surface area (TPSA) is 54.0 Å². The summed E-state index contributed by atoms with van der Waals surface area (Å²) in [5.41, 5.74) is 0. The van der Waals surface area contributed by atoms with Gasteiger partial charge >= 0.3 is 0 Å². The Morgan fingerprint density at radius 1 is 1.56 bits per heavy atom. The van der Waals surface area contributed by atoms with Gasteiger partial charge in [-0.15, -0.1) is 11.3 Å². The molecule has 1 amide bonds. The molecule has 1 aliphatic carbocycles. The molecule has 4 nitrogen and oxygen atoms in total. The Morgan fingerprint density at radius 2 is 2.31 bits per heavy atom. The van der Waals surface area contributed by atoms with Gasteiger partial charge in [0.05, 0.1) is 12.1 Å². The van der Waals surface area contributed by atoms with Gasteiger partial charge in [0, 0.05) is 17.6 Å². The van der Waals surface area contributed by atoms with Crippen molar-refractivity contribution < 1.29 is 4.79 Å². The smallest absolute Gasteiger partial charge is 0.237 e. The van der Waals surface area contributed by atoms with Gasteiger partial charge in [0.2, 0.25) is 5.91 Å². The van der Waals surface area contributed by atoms with E-state index in [2.05, 4.69) is 15.6 Å². The standard InChI is InChI=1S/C11H17N3OS/c1-7(10(15)14-9-3-4-9)13-8(2)11-12-5-6-16-11/h5-9,13H,3-4H2,1-2H3,(H,14,15). The van der Waals surface area contributed by atoms with Crippen LogP contribution in [0.1, 0.15) is 37.7 Å². The number of nitrogens with zero attached hydrogens (tertiary/aromatic N) is 1. The number of aromatic nitrogens is 1. The van der Waals surface area contributed by atoms with Crippen LogP contribution >= 0.6 is 11.3 Å². The molecule has 1 aliphatic rings. The first-order chi connectivity index (χ1) is 7.66. The van der Waals surface area contributed by atoms with E-state index in [1.165, 1.54) is 0 Å². The van der Waals surface area contributed by atoms with Gasteiger partial charge in [0.1, 0.15) is 5.01 Å². The third-order valence-electron chi connectivity index (χ3n) is 2.64. The summed E-state index contributed by atoms with van der Waals surface area (Å²) < 4.78 is 0. The number of hydrogen-bond donors (Lipinski definition) is 2. The maximum Gasteiger partial charge on any atom is 0.237 e. The molecular formula is C11H17N3OS. The second-order valence-electron chi connectivity index (χ2n) is 4.26. The van der Waals surface area contributed by atoms with Crippen molar-refractivity contribution >= 4 is 17.2 Å². The molecule has 0 saturated heterocycles. The lowest BCUT2D eigenvalue weighted by Gasteiger charge is -2.17. The molecular weight excluding hydrogens is 222 g/mol. The zero-order valence-corrected chi connectivity index (χ0v) is 10.4. The van der Waals surface area contributed by atoms with Crippen molar-refractivity contribution in [2.24, 2.45) is 0 Å².